The van der Waals surface area contributed by atoms with Crippen molar-refractivity contribution in [2.75, 3.05) is 6.54 Å². The van der Waals surface area contributed by atoms with E-state index >= 15 is 0 Å². The van der Waals surface area contributed by atoms with Gasteiger partial charge in [-0.3, -0.25) is 0 Å². The van der Waals surface area contributed by atoms with Crippen LogP contribution in [0.4, 0.5) is 0 Å². The van der Waals surface area contributed by atoms with Crippen LogP contribution in [-0.4, -0.2) is 37.2 Å². The van der Waals surface area contributed by atoms with Gasteiger partial charge < -0.3 is 25.4 Å². The average Bonchev–Trinajstić information content (AvgIpc) is 2.77. The van der Waals surface area contributed by atoms with Gasteiger partial charge in [0.05, 0.1) is 21.9 Å². The first-order valence-electron chi connectivity index (χ1n) is 10.1. The minimum absolute atomic E-state index is 0. The molecule has 0 saturated heterocycles. The second-order valence-corrected chi connectivity index (χ2v) is 10.1. The maximum absolute atomic E-state index is 12.8. The summed E-state index contributed by atoms with van der Waals surface area (Å²) in [4.78, 5) is 10.8. The molecule has 0 aliphatic carbocycles. The van der Waals surface area contributed by atoms with Crippen molar-refractivity contribution in [3.05, 3.63) is 88.4 Å². The summed E-state index contributed by atoms with van der Waals surface area (Å²) in [7, 11) is -3.97. The summed E-state index contributed by atoms with van der Waals surface area (Å²) in [5, 5.41) is 34.8. The van der Waals surface area contributed by atoms with E-state index in [1.54, 1.807) is 36.4 Å². The molecule has 3 N–H and O–H groups in total. The zero-order chi connectivity index (χ0) is 24.2. The molecule has 0 bridgehead atoms. The first kappa shape index (κ1) is 28.3. The molecule has 0 aromatic heterocycles. The van der Waals surface area contributed by atoms with Crippen molar-refractivity contribution < 1.29 is 58.1 Å². The number of aliphatic hydroxyl groups excluding tert-OH is 1. The van der Waals surface area contributed by atoms with E-state index in [0.717, 1.165) is 23.8 Å². The van der Waals surface area contributed by atoms with Gasteiger partial charge in [0.25, 0.3) is 0 Å². The van der Waals surface area contributed by atoms with Gasteiger partial charge >= 0.3 is 29.6 Å². The molecule has 7 nitrogen and oxygen atoms in total. The fourth-order valence-electron chi connectivity index (χ4n) is 3.36. The summed E-state index contributed by atoms with van der Waals surface area (Å²) in [6, 6.07) is 16.3. The number of nitrogens with one attached hydrogen (secondary N) is 1. The van der Waals surface area contributed by atoms with Crippen LogP contribution in [0.1, 0.15) is 34.5 Å². The number of aliphatic hydroxyl groups is 1. The van der Waals surface area contributed by atoms with E-state index in [4.69, 9.17) is 11.6 Å². The smallest absolute Gasteiger partial charge is 0.545 e. The van der Waals surface area contributed by atoms with Crippen LogP contribution in [0.25, 0.3) is 0 Å². The summed E-state index contributed by atoms with van der Waals surface area (Å²) in [5.41, 5.74) is 1.01. The number of aromatic carboxylic acids is 1. The third-order valence-electron chi connectivity index (χ3n) is 5.17. The molecule has 0 spiro atoms. The Morgan fingerprint density at radius 3 is 2.32 bits per heavy atom. The van der Waals surface area contributed by atoms with E-state index in [1.165, 1.54) is 12.1 Å². The van der Waals surface area contributed by atoms with E-state index in [-0.39, 0.29) is 45.4 Å². The van der Waals surface area contributed by atoms with Crippen molar-refractivity contribution in [1.29, 1.82) is 0 Å². The van der Waals surface area contributed by atoms with Crippen LogP contribution in [0.15, 0.2) is 76.5 Å². The van der Waals surface area contributed by atoms with Gasteiger partial charge in [-0.1, -0.05) is 35.9 Å². The molecule has 0 fully saturated rings. The van der Waals surface area contributed by atoms with Crippen molar-refractivity contribution in [3.8, 4) is 5.75 Å². The Hall–Kier alpha value is -1.91. The summed E-state index contributed by atoms with van der Waals surface area (Å²) in [6.07, 6.45) is -0.119. The van der Waals surface area contributed by atoms with Crippen molar-refractivity contribution >= 4 is 27.4 Å². The molecule has 0 aliphatic heterocycles. The Labute approximate surface area is 225 Å². The van der Waals surface area contributed by atoms with E-state index in [2.05, 4.69) is 5.32 Å². The molecule has 2 atom stereocenters. The van der Waals surface area contributed by atoms with E-state index in [0.29, 0.717) is 23.6 Å². The van der Waals surface area contributed by atoms with Gasteiger partial charge in [-0.25, -0.2) is 8.42 Å². The number of halogens is 1. The Morgan fingerprint density at radius 1 is 1.06 bits per heavy atom. The van der Waals surface area contributed by atoms with Gasteiger partial charge in [-0.2, -0.15) is 0 Å². The van der Waals surface area contributed by atoms with Crippen LogP contribution in [0.2, 0.25) is 5.02 Å². The second-order valence-electron chi connectivity index (χ2n) is 7.70. The monoisotopic (exact) mass is 511 g/mol. The third-order valence-corrected chi connectivity index (χ3v) is 7.17. The van der Waals surface area contributed by atoms with Crippen LogP contribution >= 0.6 is 11.6 Å². The molecule has 0 heterocycles. The Bertz CT molecular complexity index is 1250. The Kier molecular flexibility index (Phi) is 10.1. The summed E-state index contributed by atoms with van der Waals surface area (Å²) >= 11 is 5.96. The van der Waals surface area contributed by atoms with Gasteiger partial charge in [0.2, 0.25) is 9.84 Å². The molecule has 0 aliphatic rings. The summed E-state index contributed by atoms with van der Waals surface area (Å²) in [5.74, 6) is -2.23. The Balaban J connectivity index is 0.00000408. The van der Waals surface area contributed by atoms with Crippen LogP contribution in [0, 0.1) is 0 Å². The topological polar surface area (TPSA) is 127 Å². The number of sulfone groups is 1. The largest absolute Gasteiger partial charge is 1.00 e. The molecule has 0 unspecified atom stereocenters. The van der Waals surface area contributed by atoms with Crippen LogP contribution in [0.5, 0.6) is 5.75 Å². The fourth-order valence-corrected chi connectivity index (χ4v) is 4.84. The summed E-state index contributed by atoms with van der Waals surface area (Å²) < 4.78 is 25.7. The number of phenols is 1. The van der Waals surface area contributed by atoms with Gasteiger partial charge in [0, 0.05) is 23.2 Å². The molecule has 3 aromatic carbocycles. The maximum atomic E-state index is 12.8. The van der Waals surface area contributed by atoms with E-state index < -0.39 is 33.2 Å². The number of hydrogen-bond acceptors (Lipinski definition) is 7. The number of rotatable bonds is 9. The maximum Gasteiger partial charge on any atom is 1.00 e. The standard InChI is InChI=1S/C24H24ClNO6S.Na/c1-15(26-14-23(28)17-3-2-4-18(25)12-17)11-16-5-7-19(8-6-16)33(31,32)20-9-10-22(27)21(13-20)24(29)30;/h2-10,12-13,15,23,26-28H,11,14H2,1H3,(H,29,30);/q;+1/p-1/t15-,23+;/m1./s1. The molecule has 0 saturated carbocycles. The Morgan fingerprint density at radius 2 is 1.71 bits per heavy atom. The zero-order valence-corrected chi connectivity index (χ0v) is 22.3. The summed E-state index contributed by atoms with van der Waals surface area (Å²) in [6.45, 7) is 2.28. The SMILES string of the molecule is C[C@H](Cc1ccc(S(=O)(=O)c2ccc(O)c(C(=O)[O-])c2)cc1)NC[C@H](O)c1cccc(Cl)c1.[Na+]. The van der Waals surface area contributed by atoms with E-state index in [1.807, 2.05) is 6.92 Å². The molecule has 3 rings (SSSR count). The van der Waals surface area contributed by atoms with Gasteiger partial charge in [-0.05, 0) is 66.9 Å². The van der Waals surface area contributed by atoms with Crippen molar-refractivity contribution in [2.24, 2.45) is 0 Å². The number of hydrogen-bond donors (Lipinski definition) is 3. The minimum atomic E-state index is -3.97. The normalized spacial score (nSPS) is 13.0. The molecule has 3 aromatic rings. The number of carboxylic acids is 1. The molecular formula is C24H23ClNNaO6S. The van der Waals surface area contributed by atoms with Crippen molar-refractivity contribution in [3.63, 3.8) is 0 Å². The third kappa shape index (κ3) is 7.05. The first-order chi connectivity index (χ1) is 15.6. The van der Waals surface area contributed by atoms with E-state index in [9.17, 15) is 28.5 Å². The van der Waals surface area contributed by atoms with Crippen LogP contribution in [0.3, 0.4) is 0 Å². The molecule has 174 valence electrons. The zero-order valence-electron chi connectivity index (χ0n) is 18.7. The van der Waals surface area contributed by atoms with Crippen molar-refractivity contribution in [2.45, 2.75) is 35.3 Å². The quantitative estimate of drug-likeness (QED) is 0.331. The first-order valence-corrected chi connectivity index (χ1v) is 12.0. The van der Waals surface area contributed by atoms with Gasteiger partial charge in [0.15, 0.2) is 0 Å². The molecular weight excluding hydrogens is 489 g/mol. The number of aromatic hydroxyl groups is 1. The molecule has 0 radical (unpaired) electrons. The van der Waals surface area contributed by atoms with Gasteiger partial charge in [-0.15, -0.1) is 0 Å². The van der Waals surface area contributed by atoms with Gasteiger partial charge in [0.1, 0.15) is 5.75 Å². The average molecular weight is 512 g/mol. The number of carboxylic acid groups (broad SMARTS) is 1. The number of benzene rings is 3. The number of carbonyl (C=O) groups excluding carboxylic acids is 1. The second kappa shape index (κ2) is 12.2. The molecule has 34 heavy (non-hydrogen) atoms. The number of carbonyl (C=O) groups is 1. The van der Waals surface area contributed by atoms with Crippen LogP contribution < -0.4 is 40.0 Å². The minimum Gasteiger partial charge on any atom is -0.545 e. The fraction of sp³-hybridized carbons (Fsp3) is 0.208. The van der Waals surface area contributed by atoms with Crippen LogP contribution in [-0.2, 0) is 16.3 Å². The molecule has 0 amide bonds. The molecule has 10 heteroatoms. The predicted molar refractivity (Wildman–Crippen MR) is 122 cm³/mol. The van der Waals surface area contributed by atoms with Crippen molar-refractivity contribution in [1.82, 2.24) is 5.32 Å². The predicted octanol–water partition coefficient (Wildman–Crippen LogP) is -0.500.